The summed E-state index contributed by atoms with van der Waals surface area (Å²) in [5.41, 5.74) is 0.662. The molecule has 0 saturated heterocycles. The molecule has 0 unspecified atom stereocenters. The van der Waals surface area contributed by atoms with E-state index in [4.69, 9.17) is 17.0 Å². The summed E-state index contributed by atoms with van der Waals surface area (Å²) in [4.78, 5) is 18.3. The molecular weight excluding hydrogens is 433 g/mol. The van der Waals surface area contributed by atoms with Crippen LogP contribution in [0.25, 0.3) is 10.2 Å². The molecule has 2 aromatic carbocycles. The molecule has 3 rings (SSSR count). The van der Waals surface area contributed by atoms with Crippen LogP contribution in [0.2, 0.25) is 0 Å². The standard InChI is InChI=1S/C21H19F3N2O2S2/c1-2-28-18(27)12-26(11-13-6-4-3-5-7-13)17(29)9-8-16-25-20-19(24)14(22)10-15(23)21(20)30-16/h3-7,10H,2,8-9,11-12H2,1H3. The van der Waals surface area contributed by atoms with Crippen molar-refractivity contribution in [2.45, 2.75) is 26.3 Å². The molecule has 1 heterocycles. The smallest absolute Gasteiger partial charge is 0.325 e. The number of hydrogen-bond donors (Lipinski definition) is 0. The van der Waals surface area contributed by atoms with Gasteiger partial charge in [-0.15, -0.1) is 11.3 Å². The maximum Gasteiger partial charge on any atom is 0.325 e. The lowest BCUT2D eigenvalue weighted by Gasteiger charge is -2.24. The zero-order valence-corrected chi connectivity index (χ0v) is 17.8. The summed E-state index contributed by atoms with van der Waals surface area (Å²) in [6.45, 7) is 2.42. The van der Waals surface area contributed by atoms with E-state index in [9.17, 15) is 18.0 Å². The summed E-state index contributed by atoms with van der Waals surface area (Å²) in [5, 5.41) is 0.437. The molecule has 1 aromatic heterocycles. The molecule has 0 radical (unpaired) electrons. The molecule has 0 bridgehead atoms. The van der Waals surface area contributed by atoms with Crippen LogP contribution in [0.1, 0.15) is 23.9 Å². The molecule has 0 amide bonds. The molecule has 158 valence electrons. The third kappa shape index (κ3) is 5.34. The number of esters is 1. The quantitative estimate of drug-likeness (QED) is 0.272. The number of carbonyl (C=O) groups excluding carboxylic acids is 1. The van der Waals surface area contributed by atoms with Crippen molar-refractivity contribution in [3.05, 3.63) is 64.4 Å². The molecule has 3 aromatic rings. The van der Waals surface area contributed by atoms with Gasteiger partial charge in [0.25, 0.3) is 0 Å². The third-order valence-electron chi connectivity index (χ3n) is 4.31. The Hall–Kier alpha value is -2.52. The summed E-state index contributed by atoms with van der Waals surface area (Å²) in [6, 6.07) is 10.0. The number of aryl methyl sites for hydroxylation is 1. The predicted molar refractivity (Wildman–Crippen MR) is 114 cm³/mol. The first kappa shape index (κ1) is 22.2. The zero-order valence-electron chi connectivity index (χ0n) is 16.2. The topological polar surface area (TPSA) is 42.4 Å². The highest BCUT2D eigenvalue weighted by molar-refractivity contribution is 7.80. The normalized spacial score (nSPS) is 10.9. The van der Waals surface area contributed by atoms with Gasteiger partial charge < -0.3 is 9.64 Å². The van der Waals surface area contributed by atoms with E-state index in [1.165, 1.54) is 0 Å². The Balaban J connectivity index is 1.73. The number of carbonyl (C=O) groups is 1. The lowest BCUT2D eigenvalue weighted by molar-refractivity contribution is -0.143. The van der Waals surface area contributed by atoms with Crippen LogP contribution in [-0.4, -0.2) is 34.0 Å². The molecule has 0 spiro atoms. The molecule has 4 nitrogen and oxygen atoms in total. The summed E-state index contributed by atoms with van der Waals surface area (Å²) in [7, 11) is 0. The first-order valence-corrected chi connectivity index (χ1v) is 10.5. The Morgan fingerprint density at radius 2 is 1.93 bits per heavy atom. The third-order valence-corrected chi connectivity index (χ3v) is 5.89. The number of aromatic nitrogens is 1. The predicted octanol–water partition coefficient (Wildman–Crippen LogP) is 5.04. The van der Waals surface area contributed by atoms with Gasteiger partial charge in [0.15, 0.2) is 11.6 Å². The number of thiocarbonyl (C=S) groups is 1. The van der Waals surface area contributed by atoms with E-state index in [1.54, 1.807) is 11.8 Å². The van der Waals surface area contributed by atoms with Crippen LogP contribution in [0.4, 0.5) is 13.2 Å². The van der Waals surface area contributed by atoms with Gasteiger partial charge in [-0.2, -0.15) is 0 Å². The van der Waals surface area contributed by atoms with E-state index in [-0.39, 0.29) is 23.4 Å². The monoisotopic (exact) mass is 452 g/mol. The van der Waals surface area contributed by atoms with E-state index in [0.29, 0.717) is 35.4 Å². The van der Waals surface area contributed by atoms with Crippen LogP contribution >= 0.6 is 23.6 Å². The van der Waals surface area contributed by atoms with Crippen molar-refractivity contribution in [1.29, 1.82) is 0 Å². The van der Waals surface area contributed by atoms with Gasteiger partial charge >= 0.3 is 5.97 Å². The maximum atomic E-state index is 13.9. The van der Waals surface area contributed by atoms with Crippen molar-refractivity contribution < 1.29 is 22.7 Å². The molecule has 0 N–H and O–H groups in total. The van der Waals surface area contributed by atoms with E-state index in [1.807, 2.05) is 30.3 Å². The number of thiazole rings is 1. The minimum absolute atomic E-state index is 0.00409. The molecule has 0 fully saturated rings. The molecular formula is C21H19F3N2O2S2. The molecule has 0 aliphatic rings. The summed E-state index contributed by atoms with van der Waals surface area (Å²) < 4.78 is 46.2. The van der Waals surface area contributed by atoms with E-state index in [0.717, 1.165) is 16.9 Å². The molecule has 30 heavy (non-hydrogen) atoms. The minimum atomic E-state index is -1.27. The van der Waals surface area contributed by atoms with Gasteiger partial charge in [-0.25, -0.2) is 18.2 Å². The van der Waals surface area contributed by atoms with Gasteiger partial charge in [0.05, 0.1) is 21.3 Å². The van der Waals surface area contributed by atoms with Crippen molar-refractivity contribution in [3.8, 4) is 0 Å². The van der Waals surface area contributed by atoms with Crippen molar-refractivity contribution in [1.82, 2.24) is 9.88 Å². The van der Waals surface area contributed by atoms with E-state index >= 15 is 0 Å². The molecule has 0 aliphatic carbocycles. The number of ether oxygens (including phenoxy) is 1. The van der Waals surface area contributed by atoms with Crippen molar-refractivity contribution in [2.75, 3.05) is 13.2 Å². The van der Waals surface area contributed by atoms with E-state index in [2.05, 4.69) is 4.98 Å². The average molecular weight is 453 g/mol. The Morgan fingerprint density at radius 1 is 1.20 bits per heavy atom. The fourth-order valence-electron chi connectivity index (χ4n) is 2.91. The number of halogens is 3. The van der Waals surface area contributed by atoms with Gasteiger partial charge in [-0.1, -0.05) is 42.5 Å². The first-order chi connectivity index (χ1) is 14.4. The number of hydrogen-bond acceptors (Lipinski definition) is 5. The van der Waals surface area contributed by atoms with Crippen LogP contribution in [0, 0.1) is 17.5 Å². The second-order valence-corrected chi connectivity index (χ2v) is 8.03. The summed E-state index contributed by atoms with van der Waals surface area (Å²) >= 11 is 6.48. The van der Waals surface area contributed by atoms with Crippen LogP contribution in [0.15, 0.2) is 36.4 Å². The van der Waals surface area contributed by atoms with Crippen LogP contribution in [0.3, 0.4) is 0 Å². The van der Waals surface area contributed by atoms with Crippen LogP contribution < -0.4 is 0 Å². The van der Waals surface area contributed by atoms with Gasteiger partial charge in [0.2, 0.25) is 0 Å². The van der Waals surface area contributed by atoms with Crippen LogP contribution in [0.5, 0.6) is 0 Å². The van der Waals surface area contributed by atoms with Gasteiger partial charge in [0.1, 0.15) is 17.9 Å². The molecule has 0 saturated carbocycles. The number of nitrogens with zero attached hydrogens (tertiary/aromatic N) is 2. The first-order valence-electron chi connectivity index (χ1n) is 9.29. The summed E-state index contributed by atoms with van der Waals surface area (Å²) in [6.07, 6.45) is 0.653. The zero-order chi connectivity index (χ0) is 21.7. The van der Waals surface area contributed by atoms with Gasteiger partial charge in [0, 0.05) is 25.5 Å². The number of benzene rings is 2. The maximum absolute atomic E-state index is 13.9. The fourth-order valence-corrected chi connectivity index (χ4v) is 4.10. The second kappa shape index (κ2) is 9.99. The number of rotatable bonds is 8. The van der Waals surface area contributed by atoms with E-state index < -0.39 is 23.4 Å². The lowest BCUT2D eigenvalue weighted by atomic mass is 10.2. The minimum Gasteiger partial charge on any atom is -0.465 e. The Bertz CT molecular complexity index is 1060. The Labute approximate surface area is 181 Å². The Kier molecular flexibility index (Phi) is 7.38. The average Bonchev–Trinajstić information content (AvgIpc) is 3.16. The summed E-state index contributed by atoms with van der Waals surface area (Å²) in [5.74, 6) is -3.67. The largest absolute Gasteiger partial charge is 0.465 e. The lowest BCUT2D eigenvalue weighted by Crippen LogP contribution is -2.35. The molecule has 0 atom stereocenters. The highest BCUT2D eigenvalue weighted by atomic mass is 32.1. The van der Waals surface area contributed by atoms with Crippen molar-refractivity contribution in [2.24, 2.45) is 0 Å². The number of fused-ring (bicyclic) bond motifs is 1. The Morgan fingerprint density at radius 3 is 2.63 bits per heavy atom. The second-order valence-electron chi connectivity index (χ2n) is 6.48. The molecule has 9 heteroatoms. The highest BCUT2D eigenvalue weighted by Gasteiger charge is 2.19. The SMILES string of the molecule is CCOC(=O)CN(Cc1ccccc1)C(=S)CCc1nc2c(F)c(F)cc(F)c2s1. The van der Waals surface area contributed by atoms with Crippen LogP contribution in [-0.2, 0) is 22.5 Å². The van der Waals surface area contributed by atoms with Crippen molar-refractivity contribution >= 4 is 44.7 Å². The highest BCUT2D eigenvalue weighted by Crippen LogP contribution is 2.29. The van der Waals surface area contributed by atoms with Gasteiger partial charge in [-0.05, 0) is 12.5 Å². The molecule has 0 aliphatic heterocycles. The fraction of sp³-hybridized carbons (Fsp3) is 0.286. The van der Waals surface area contributed by atoms with Gasteiger partial charge in [-0.3, -0.25) is 4.79 Å². The van der Waals surface area contributed by atoms with Crippen molar-refractivity contribution in [3.63, 3.8) is 0 Å².